The van der Waals surface area contributed by atoms with Crippen molar-refractivity contribution in [2.75, 3.05) is 6.61 Å². The highest BCUT2D eigenvalue weighted by Gasteiger charge is 2.10. The number of aliphatic hydroxyl groups excluding tert-OH is 1. The van der Waals surface area contributed by atoms with Crippen LogP contribution in [0.15, 0.2) is 18.2 Å². The molecule has 1 N–H and O–H groups in total. The molecule has 0 saturated heterocycles. The van der Waals surface area contributed by atoms with Gasteiger partial charge in [-0.05, 0) is 43.9 Å². The van der Waals surface area contributed by atoms with E-state index in [9.17, 15) is 9.50 Å². The molecule has 0 aromatic heterocycles. The van der Waals surface area contributed by atoms with Gasteiger partial charge in [-0.2, -0.15) is 0 Å². The number of ether oxygens (including phenoxy) is 1. The van der Waals surface area contributed by atoms with Crippen LogP contribution in [0, 0.1) is 11.7 Å². The van der Waals surface area contributed by atoms with Gasteiger partial charge in [-0.3, -0.25) is 0 Å². The lowest BCUT2D eigenvalue weighted by molar-refractivity contribution is 0.190. The van der Waals surface area contributed by atoms with Gasteiger partial charge in [-0.15, -0.1) is 0 Å². The second kappa shape index (κ2) is 6.60. The molecule has 0 heterocycles. The monoisotopic (exact) mass is 240 g/mol. The minimum absolute atomic E-state index is 0.351. The molecule has 2 nitrogen and oxygen atoms in total. The Balaban J connectivity index is 2.58. The van der Waals surface area contributed by atoms with E-state index in [0.717, 1.165) is 12.8 Å². The fraction of sp³-hybridized carbons (Fsp3) is 0.571. The van der Waals surface area contributed by atoms with Crippen molar-refractivity contribution >= 4 is 0 Å². The quantitative estimate of drug-likeness (QED) is 0.768. The van der Waals surface area contributed by atoms with Crippen LogP contribution in [-0.2, 0) is 0 Å². The molecule has 3 heteroatoms. The molecule has 0 amide bonds. The average molecular weight is 240 g/mol. The summed E-state index contributed by atoms with van der Waals surface area (Å²) in [6, 6.07) is 4.25. The summed E-state index contributed by atoms with van der Waals surface area (Å²) in [4.78, 5) is 0. The van der Waals surface area contributed by atoms with Gasteiger partial charge in [-0.1, -0.05) is 13.8 Å². The predicted octanol–water partition coefficient (Wildman–Crippen LogP) is 3.69. The van der Waals surface area contributed by atoms with Gasteiger partial charge in [0.15, 0.2) is 0 Å². The van der Waals surface area contributed by atoms with E-state index in [0.29, 0.717) is 23.8 Å². The summed E-state index contributed by atoms with van der Waals surface area (Å²) >= 11 is 0. The maximum Gasteiger partial charge on any atom is 0.125 e. The van der Waals surface area contributed by atoms with Crippen molar-refractivity contribution in [1.82, 2.24) is 0 Å². The van der Waals surface area contributed by atoms with E-state index in [4.69, 9.17) is 4.74 Å². The van der Waals surface area contributed by atoms with E-state index in [1.165, 1.54) is 12.1 Å². The van der Waals surface area contributed by atoms with Crippen molar-refractivity contribution < 1.29 is 14.2 Å². The van der Waals surface area contributed by atoms with E-state index in [1.807, 2.05) is 0 Å². The van der Waals surface area contributed by atoms with Crippen molar-refractivity contribution in [3.8, 4) is 5.75 Å². The molecule has 0 spiro atoms. The first kappa shape index (κ1) is 14.0. The average Bonchev–Trinajstić information content (AvgIpc) is 2.25. The Morgan fingerprint density at radius 1 is 1.29 bits per heavy atom. The third-order valence-electron chi connectivity index (χ3n) is 2.61. The minimum atomic E-state index is -0.717. The van der Waals surface area contributed by atoms with Crippen LogP contribution in [0.1, 0.15) is 45.3 Å². The van der Waals surface area contributed by atoms with Crippen molar-refractivity contribution in [3.63, 3.8) is 0 Å². The predicted molar refractivity (Wildman–Crippen MR) is 66.6 cm³/mol. The Kier molecular flexibility index (Phi) is 5.42. The lowest BCUT2D eigenvalue weighted by atomic mass is 10.1. The second-order valence-corrected chi connectivity index (χ2v) is 4.74. The lowest BCUT2D eigenvalue weighted by Gasteiger charge is -2.14. The zero-order chi connectivity index (χ0) is 12.8. The summed E-state index contributed by atoms with van der Waals surface area (Å²) < 4.78 is 18.6. The van der Waals surface area contributed by atoms with Crippen LogP contribution in [0.2, 0.25) is 0 Å². The molecule has 1 rings (SSSR count). The Bertz CT molecular complexity index is 348. The molecule has 0 aliphatic rings. The van der Waals surface area contributed by atoms with Gasteiger partial charge in [0, 0.05) is 5.56 Å². The van der Waals surface area contributed by atoms with Crippen molar-refractivity contribution in [1.29, 1.82) is 0 Å². The zero-order valence-electron chi connectivity index (χ0n) is 10.7. The van der Waals surface area contributed by atoms with Gasteiger partial charge in [0.1, 0.15) is 11.6 Å². The van der Waals surface area contributed by atoms with E-state index in [1.54, 1.807) is 13.0 Å². The molecule has 1 aromatic rings. The van der Waals surface area contributed by atoms with E-state index < -0.39 is 6.10 Å². The zero-order valence-corrected chi connectivity index (χ0v) is 10.7. The van der Waals surface area contributed by atoms with Crippen molar-refractivity contribution in [3.05, 3.63) is 29.6 Å². The third-order valence-corrected chi connectivity index (χ3v) is 2.61. The first-order valence-corrected chi connectivity index (χ1v) is 6.11. The molecular formula is C14H21FO2. The van der Waals surface area contributed by atoms with Crippen molar-refractivity contribution in [2.24, 2.45) is 5.92 Å². The summed E-state index contributed by atoms with van der Waals surface area (Å²) in [5, 5.41) is 9.53. The molecule has 0 saturated carbocycles. The summed E-state index contributed by atoms with van der Waals surface area (Å²) in [6.45, 7) is 6.54. The molecule has 0 unspecified atom stereocenters. The maximum atomic E-state index is 13.0. The van der Waals surface area contributed by atoms with Crippen LogP contribution in [-0.4, -0.2) is 11.7 Å². The number of benzene rings is 1. The lowest BCUT2D eigenvalue weighted by Crippen LogP contribution is -2.04. The van der Waals surface area contributed by atoms with Gasteiger partial charge in [-0.25, -0.2) is 4.39 Å². The fourth-order valence-corrected chi connectivity index (χ4v) is 1.65. The van der Waals surface area contributed by atoms with Crippen LogP contribution in [0.4, 0.5) is 4.39 Å². The molecule has 0 radical (unpaired) electrons. The summed E-state index contributed by atoms with van der Waals surface area (Å²) in [7, 11) is 0. The number of hydrogen-bond donors (Lipinski definition) is 1. The normalized spacial score (nSPS) is 12.8. The molecule has 0 aliphatic carbocycles. The van der Waals surface area contributed by atoms with Gasteiger partial charge in [0.25, 0.3) is 0 Å². The first-order valence-electron chi connectivity index (χ1n) is 6.11. The molecule has 1 atom stereocenters. The Hall–Kier alpha value is -1.09. The Labute approximate surface area is 102 Å². The minimum Gasteiger partial charge on any atom is -0.493 e. The van der Waals surface area contributed by atoms with Crippen molar-refractivity contribution in [2.45, 2.75) is 39.7 Å². The molecule has 1 aromatic carbocycles. The highest BCUT2D eigenvalue weighted by Crippen LogP contribution is 2.26. The van der Waals surface area contributed by atoms with E-state index >= 15 is 0 Å². The smallest absolute Gasteiger partial charge is 0.125 e. The van der Waals surface area contributed by atoms with Crippen LogP contribution in [0.5, 0.6) is 5.75 Å². The molecule has 0 bridgehead atoms. The number of aliphatic hydroxyl groups is 1. The molecule has 17 heavy (non-hydrogen) atoms. The topological polar surface area (TPSA) is 29.5 Å². The van der Waals surface area contributed by atoms with Crippen LogP contribution in [0.3, 0.4) is 0 Å². The SMILES string of the molecule is CC(C)CCCOc1ccc(F)cc1[C@H](C)O. The number of hydrogen-bond acceptors (Lipinski definition) is 2. The third kappa shape index (κ3) is 4.73. The van der Waals surface area contributed by atoms with Gasteiger partial charge >= 0.3 is 0 Å². The van der Waals surface area contributed by atoms with Crippen LogP contribution in [0.25, 0.3) is 0 Å². The summed E-state index contributed by atoms with van der Waals surface area (Å²) in [5.74, 6) is 0.878. The van der Waals surface area contributed by atoms with Crippen LogP contribution < -0.4 is 4.74 Å². The Morgan fingerprint density at radius 2 is 2.00 bits per heavy atom. The van der Waals surface area contributed by atoms with E-state index in [-0.39, 0.29) is 5.82 Å². The Morgan fingerprint density at radius 3 is 2.59 bits per heavy atom. The largest absolute Gasteiger partial charge is 0.493 e. The molecular weight excluding hydrogens is 219 g/mol. The maximum absolute atomic E-state index is 13.0. The number of halogens is 1. The molecule has 0 aliphatic heterocycles. The standard InChI is InChI=1S/C14H21FO2/c1-10(2)5-4-8-17-14-7-6-12(15)9-13(14)11(3)16/h6-7,9-11,16H,4-5,8H2,1-3H3/t11-/m0/s1. The van der Waals surface area contributed by atoms with Gasteiger partial charge < -0.3 is 9.84 Å². The second-order valence-electron chi connectivity index (χ2n) is 4.74. The molecule has 0 fully saturated rings. The van der Waals surface area contributed by atoms with Gasteiger partial charge in [0.05, 0.1) is 12.7 Å². The van der Waals surface area contributed by atoms with E-state index in [2.05, 4.69) is 13.8 Å². The first-order chi connectivity index (χ1) is 8.00. The summed E-state index contributed by atoms with van der Waals surface area (Å²) in [5.41, 5.74) is 0.509. The molecule has 96 valence electrons. The van der Waals surface area contributed by atoms with Gasteiger partial charge in [0.2, 0.25) is 0 Å². The number of rotatable bonds is 6. The highest BCUT2D eigenvalue weighted by molar-refractivity contribution is 5.35. The van der Waals surface area contributed by atoms with Crippen LogP contribution >= 0.6 is 0 Å². The highest BCUT2D eigenvalue weighted by atomic mass is 19.1. The summed E-state index contributed by atoms with van der Waals surface area (Å²) in [6.07, 6.45) is 1.35. The fourth-order valence-electron chi connectivity index (χ4n) is 1.65.